The molecule has 5 heteroatoms. The number of rotatable bonds is 2. The Hall–Kier alpha value is -1.33. The van der Waals surface area contributed by atoms with Crippen LogP contribution in [-0.4, -0.2) is 5.78 Å². The van der Waals surface area contributed by atoms with E-state index in [0.29, 0.717) is 21.8 Å². The molecule has 4 N–H and O–H groups in total. The highest BCUT2D eigenvalue weighted by Gasteiger charge is 2.16. The molecule has 1 aromatic heterocycles. The molecule has 17 heavy (non-hydrogen) atoms. The van der Waals surface area contributed by atoms with Crippen LogP contribution in [0.4, 0.5) is 11.4 Å². The molecule has 0 aliphatic heterocycles. The summed E-state index contributed by atoms with van der Waals surface area (Å²) in [5.41, 5.74) is 12.9. The number of halogens is 1. The first-order valence-corrected chi connectivity index (χ1v) is 6.55. The zero-order valence-electron chi connectivity index (χ0n) is 9.16. The van der Waals surface area contributed by atoms with E-state index in [0.717, 1.165) is 9.35 Å². The second-order valence-corrected chi connectivity index (χ2v) is 5.86. The number of thiophene rings is 1. The second kappa shape index (κ2) is 4.50. The molecule has 0 radical (unpaired) electrons. The Kier molecular flexibility index (Phi) is 3.22. The summed E-state index contributed by atoms with van der Waals surface area (Å²) in [4.78, 5) is 14.0. The van der Waals surface area contributed by atoms with Crippen molar-refractivity contribution in [1.29, 1.82) is 0 Å². The Morgan fingerprint density at radius 2 is 1.76 bits per heavy atom. The van der Waals surface area contributed by atoms with Crippen LogP contribution < -0.4 is 11.5 Å². The van der Waals surface area contributed by atoms with Crippen molar-refractivity contribution >= 4 is 44.4 Å². The summed E-state index contributed by atoms with van der Waals surface area (Å²) < 4.78 is 0.811. The van der Waals surface area contributed by atoms with Gasteiger partial charge >= 0.3 is 0 Å². The highest BCUT2D eigenvalue weighted by Crippen LogP contribution is 2.29. The van der Waals surface area contributed by atoms with E-state index in [-0.39, 0.29) is 5.78 Å². The molecule has 0 fully saturated rings. The number of benzene rings is 1. The summed E-state index contributed by atoms with van der Waals surface area (Å²) in [5, 5.41) is 0. The van der Waals surface area contributed by atoms with E-state index in [4.69, 9.17) is 11.5 Å². The van der Waals surface area contributed by atoms with Crippen molar-refractivity contribution in [3.8, 4) is 0 Å². The zero-order chi connectivity index (χ0) is 12.6. The fraction of sp³-hybridized carbons (Fsp3) is 0.0833. The average molecular weight is 311 g/mol. The van der Waals surface area contributed by atoms with E-state index in [1.165, 1.54) is 11.3 Å². The van der Waals surface area contributed by atoms with E-state index in [1.54, 1.807) is 18.2 Å². The van der Waals surface area contributed by atoms with E-state index in [2.05, 4.69) is 15.9 Å². The molecule has 0 spiro atoms. The normalized spacial score (nSPS) is 10.5. The minimum absolute atomic E-state index is 0.0611. The highest BCUT2D eigenvalue weighted by molar-refractivity contribution is 9.10. The summed E-state index contributed by atoms with van der Waals surface area (Å²) in [7, 11) is 0. The third-order valence-corrected chi connectivity index (χ3v) is 4.19. The molecule has 1 aromatic carbocycles. The molecule has 0 bridgehead atoms. The van der Waals surface area contributed by atoms with Gasteiger partial charge in [-0.2, -0.15) is 0 Å². The van der Waals surface area contributed by atoms with Crippen LogP contribution in [0.5, 0.6) is 0 Å². The molecular formula is C12H11BrN2OS. The third-order valence-electron chi connectivity index (χ3n) is 2.26. The fourth-order valence-corrected chi connectivity index (χ4v) is 3.36. The topological polar surface area (TPSA) is 69.1 Å². The molecule has 0 amide bonds. The molecular weight excluding hydrogens is 300 g/mol. The van der Waals surface area contributed by atoms with Gasteiger partial charge in [-0.15, -0.1) is 11.3 Å². The van der Waals surface area contributed by atoms with Gasteiger partial charge in [0.2, 0.25) is 5.78 Å². The Balaban J connectivity index is 2.47. The van der Waals surface area contributed by atoms with Crippen molar-refractivity contribution in [3.63, 3.8) is 0 Å². The number of carbonyl (C=O) groups is 1. The molecule has 2 rings (SSSR count). The van der Waals surface area contributed by atoms with Gasteiger partial charge < -0.3 is 11.5 Å². The largest absolute Gasteiger partial charge is 0.399 e. The maximum atomic E-state index is 12.3. The van der Waals surface area contributed by atoms with Crippen LogP contribution in [0.1, 0.15) is 20.1 Å². The predicted molar refractivity (Wildman–Crippen MR) is 75.5 cm³/mol. The zero-order valence-corrected chi connectivity index (χ0v) is 11.6. The third kappa shape index (κ3) is 2.50. The van der Waals surface area contributed by atoms with Crippen LogP contribution in [0, 0.1) is 6.92 Å². The monoisotopic (exact) mass is 310 g/mol. The SMILES string of the molecule is Cc1cc(Br)c(C(=O)c2cc(N)cc(N)c2)s1. The molecule has 0 aliphatic rings. The number of nitrogens with two attached hydrogens (primary N) is 2. The number of aryl methyl sites for hydroxylation is 1. The van der Waals surface area contributed by atoms with Gasteiger partial charge in [-0.1, -0.05) is 0 Å². The van der Waals surface area contributed by atoms with Gasteiger partial charge in [0.25, 0.3) is 0 Å². The van der Waals surface area contributed by atoms with E-state index in [1.807, 2.05) is 13.0 Å². The van der Waals surface area contributed by atoms with Crippen LogP contribution in [-0.2, 0) is 0 Å². The minimum Gasteiger partial charge on any atom is -0.399 e. The molecule has 0 saturated heterocycles. The lowest BCUT2D eigenvalue weighted by atomic mass is 10.1. The molecule has 0 atom stereocenters. The molecule has 0 aliphatic carbocycles. The summed E-state index contributed by atoms with van der Waals surface area (Å²) in [6, 6.07) is 6.83. The van der Waals surface area contributed by atoms with Crippen molar-refractivity contribution in [2.24, 2.45) is 0 Å². The van der Waals surface area contributed by atoms with Crippen LogP contribution in [0.2, 0.25) is 0 Å². The van der Waals surface area contributed by atoms with E-state index < -0.39 is 0 Å². The van der Waals surface area contributed by atoms with Gasteiger partial charge in [-0.25, -0.2) is 0 Å². The van der Waals surface area contributed by atoms with Gasteiger partial charge in [-0.3, -0.25) is 4.79 Å². The maximum Gasteiger partial charge on any atom is 0.204 e. The van der Waals surface area contributed by atoms with Gasteiger partial charge in [0, 0.05) is 26.3 Å². The van der Waals surface area contributed by atoms with Crippen LogP contribution in [0.3, 0.4) is 0 Å². The summed E-state index contributed by atoms with van der Waals surface area (Å²) in [5.74, 6) is -0.0611. The van der Waals surface area contributed by atoms with Crippen LogP contribution >= 0.6 is 27.3 Å². The quantitative estimate of drug-likeness (QED) is 0.661. The molecule has 2 aromatic rings. The number of nitrogen functional groups attached to an aromatic ring is 2. The summed E-state index contributed by atoms with van der Waals surface area (Å²) in [6.45, 7) is 1.96. The number of carbonyl (C=O) groups excluding carboxylic acids is 1. The van der Waals surface area contributed by atoms with Crippen molar-refractivity contribution in [2.75, 3.05) is 11.5 Å². The number of hydrogen-bond acceptors (Lipinski definition) is 4. The van der Waals surface area contributed by atoms with Crippen LogP contribution in [0.25, 0.3) is 0 Å². The van der Waals surface area contributed by atoms with E-state index in [9.17, 15) is 4.79 Å². The van der Waals surface area contributed by atoms with Crippen molar-refractivity contribution in [1.82, 2.24) is 0 Å². The Bertz CT molecular complexity index is 572. The van der Waals surface area contributed by atoms with Crippen LogP contribution in [0.15, 0.2) is 28.7 Å². The van der Waals surface area contributed by atoms with E-state index >= 15 is 0 Å². The average Bonchev–Trinajstić information content (AvgIpc) is 2.55. The Labute approximate surface area is 112 Å². The van der Waals surface area contributed by atoms with Crippen molar-refractivity contribution < 1.29 is 4.79 Å². The van der Waals surface area contributed by atoms with Crippen molar-refractivity contribution in [3.05, 3.63) is 44.1 Å². The first-order valence-electron chi connectivity index (χ1n) is 4.94. The van der Waals surface area contributed by atoms with Gasteiger partial charge in [0.15, 0.2) is 0 Å². The first kappa shape index (κ1) is 12.1. The molecule has 1 heterocycles. The molecule has 3 nitrogen and oxygen atoms in total. The first-order chi connectivity index (χ1) is 7.97. The maximum absolute atomic E-state index is 12.3. The van der Waals surface area contributed by atoms with Gasteiger partial charge in [-0.05, 0) is 47.1 Å². The predicted octanol–water partition coefficient (Wildman–Crippen LogP) is 3.21. The fourth-order valence-electron chi connectivity index (χ4n) is 1.58. The molecule has 0 saturated carbocycles. The smallest absolute Gasteiger partial charge is 0.204 e. The number of anilines is 2. The lowest BCUT2D eigenvalue weighted by Crippen LogP contribution is -2.02. The van der Waals surface area contributed by atoms with Crippen molar-refractivity contribution in [2.45, 2.75) is 6.92 Å². The van der Waals surface area contributed by atoms with Gasteiger partial charge in [0.1, 0.15) is 0 Å². The number of hydrogen-bond donors (Lipinski definition) is 2. The Morgan fingerprint density at radius 1 is 1.18 bits per heavy atom. The minimum atomic E-state index is -0.0611. The highest BCUT2D eigenvalue weighted by atomic mass is 79.9. The number of ketones is 1. The standard InChI is InChI=1S/C12H11BrN2OS/c1-6-2-10(13)12(17-6)11(16)7-3-8(14)5-9(15)4-7/h2-5H,14-15H2,1H3. The lowest BCUT2D eigenvalue weighted by Gasteiger charge is -2.03. The summed E-state index contributed by atoms with van der Waals surface area (Å²) >= 11 is 4.83. The Morgan fingerprint density at radius 3 is 2.24 bits per heavy atom. The summed E-state index contributed by atoms with van der Waals surface area (Å²) in [6.07, 6.45) is 0. The molecule has 0 unspecified atom stereocenters. The lowest BCUT2D eigenvalue weighted by molar-refractivity contribution is 0.104. The molecule has 88 valence electrons. The second-order valence-electron chi connectivity index (χ2n) is 3.75. The van der Waals surface area contributed by atoms with Gasteiger partial charge in [0.05, 0.1) is 4.88 Å².